The van der Waals surface area contributed by atoms with E-state index in [1.54, 1.807) is 4.90 Å². The zero-order valence-electron chi connectivity index (χ0n) is 15.8. The summed E-state index contributed by atoms with van der Waals surface area (Å²) in [5, 5.41) is 22.4. The fraction of sp³-hybridized carbons (Fsp3) is 0.444. The molecule has 30 heavy (non-hydrogen) atoms. The number of amides is 2. The van der Waals surface area contributed by atoms with Gasteiger partial charge in [-0.15, -0.1) is 0 Å². The maximum absolute atomic E-state index is 11.4. The van der Waals surface area contributed by atoms with Crippen molar-refractivity contribution in [2.45, 2.75) is 36.6 Å². The van der Waals surface area contributed by atoms with Gasteiger partial charge in [-0.1, -0.05) is 12.1 Å². The molecule has 5 atom stereocenters. The number of carbonyl (C=O) groups excluding carboxylic acids is 1. The predicted molar refractivity (Wildman–Crippen MR) is 118 cm³/mol. The third-order valence-corrected chi connectivity index (χ3v) is 5.94. The molecule has 3 aliphatic heterocycles. The van der Waals surface area contributed by atoms with Gasteiger partial charge in [0.2, 0.25) is 0 Å². The van der Waals surface area contributed by atoms with E-state index in [4.69, 9.17) is 16.2 Å². The Balaban J connectivity index is 1.59. The van der Waals surface area contributed by atoms with Gasteiger partial charge in [0, 0.05) is 9.99 Å². The normalized spacial score (nSPS) is 32.6. The highest BCUT2D eigenvalue weighted by Gasteiger charge is 2.51. The molecule has 1 aromatic carbocycles. The minimum absolute atomic E-state index is 0.148. The van der Waals surface area contributed by atoms with Crippen LogP contribution in [0.25, 0.3) is 0 Å². The molecule has 1 fully saturated rings. The number of primary amides is 1. The zero-order valence-corrected chi connectivity index (χ0v) is 18.0. The minimum atomic E-state index is -1.15. The summed E-state index contributed by atoms with van der Waals surface area (Å²) in [4.78, 5) is 26.4. The number of aliphatic hydroxyl groups is 2. The lowest BCUT2D eigenvalue weighted by Gasteiger charge is -2.33. The number of nitrogens with one attached hydrogen (secondary N) is 1. The van der Waals surface area contributed by atoms with Crippen molar-refractivity contribution in [2.24, 2.45) is 26.4 Å². The van der Waals surface area contributed by atoms with Gasteiger partial charge in [-0.05, 0) is 40.3 Å². The molecule has 1 saturated heterocycles. The van der Waals surface area contributed by atoms with Crippen molar-refractivity contribution in [3.63, 3.8) is 0 Å². The average Bonchev–Trinajstić information content (AvgIpc) is 3.24. The van der Waals surface area contributed by atoms with E-state index in [9.17, 15) is 15.0 Å². The number of ether oxygens (including phenoxy) is 1. The summed E-state index contributed by atoms with van der Waals surface area (Å²) in [7, 11) is 0. The summed E-state index contributed by atoms with van der Waals surface area (Å²) in [6.45, 7) is -0.271. The third-order valence-electron chi connectivity index (χ3n) is 5.27. The van der Waals surface area contributed by atoms with Crippen LogP contribution < -0.4 is 16.8 Å². The summed E-state index contributed by atoms with van der Waals surface area (Å²) >= 11 is 2.24. The molecule has 0 spiro atoms. The van der Waals surface area contributed by atoms with Crippen molar-refractivity contribution >= 4 is 46.5 Å². The molecule has 2 amide bonds. The van der Waals surface area contributed by atoms with Crippen LogP contribution in [-0.2, 0) is 11.2 Å². The molecule has 0 aliphatic carbocycles. The number of benzene rings is 1. The molecule has 0 saturated carbocycles. The number of halogens is 1. The van der Waals surface area contributed by atoms with Gasteiger partial charge in [0.25, 0.3) is 0 Å². The first-order valence-electron chi connectivity index (χ1n) is 9.29. The van der Waals surface area contributed by atoms with Crippen molar-refractivity contribution in [1.29, 1.82) is 0 Å². The van der Waals surface area contributed by atoms with E-state index in [1.165, 1.54) is 6.34 Å². The highest BCUT2D eigenvalue weighted by atomic mass is 127. The molecule has 4 rings (SSSR count). The molecule has 12 heteroatoms. The molecule has 1 aromatic rings. The summed E-state index contributed by atoms with van der Waals surface area (Å²) in [5.41, 5.74) is 12.3. The van der Waals surface area contributed by atoms with E-state index >= 15 is 0 Å². The molecular formula is C18H22IN7O4. The maximum atomic E-state index is 11.4. The van der Waals surface area contributed by atoms with Crippen molar-refractivity contribution in [3.8, 4) is 0 Å². The Morgan fingerprint density at radius 2 is 2.27 bits per heavy atom. The Morgan fingerprint density at radius 3 is 2.97 bits per heavy atom. The summed E-state index contributed by atoms with van der Waals surface area (Å²) in [5.74, 6) is 0.449. The van der Waals surface area contributed by atoms with Crippen LogP contribution in [0.4, 0.5) is 4.79 Å². The lowest BCUT2D eigenvalue weighted by atomic mass is 9.94. The van der Waals surface area contributed by atoms with Crippen molar-refractivity contribution in [1.82, 2.24) is 10.2 Å². The summed E-state index contributed by atoms with van der Waals surface area (Å²) in [6.07, 6.45) is -1.07. The predicted octanol–water partition coefficient (Wildman–Crippen LogP) is -1.24. The number of amidine groups is 1. The molecule has 160 valence electrons. The third kappa shape index (κ3) is 3.80. The van der Waals surface area contributed by atoms with Crippen LogP contribution in [0.3, 0.4) is 0 Å². The van der Waals surface area contributed by atoms with Crippen LogP contribution in [0.15, 0.2) is 39.2 Å². The van der Waals surface area contributed by atoms with E-state index in [-0.39, 0.29) is 6.67 Å². The molecule has 3 aliphatic rings. The van der Waals surface area contributed by atoms with Gasteiger partial charge in [-0.25, -0.2) is 14.8 Å². The van der Waals surface area contributed by atoms with Crippen LogP contribution >= 0.6 is 22.6 Å². The molecule has 11 nitrogen and oxygen atoms in total. The SMILES string of the molecule is NC(=O)N[C@@H]1[C@H](O)[C@@H](CO)O[C@H]1N1CN=C2C1=NC=NC2(N)Cc1cccc(I)c1. The molecule has 0 radical (unpaired) electrons. The van der Waals surface area contributed by atoms with E-state index in [1.807, 2.05) is 24.3 Å². The van der Waals surface area contributed by atoms with Gasteiger partial charge in [0.05, 0.1) is 6.61 Å². The Labute approximate surface area is 186 Å². The molecule has 3 heterocycles. The van der Waals surface area contributed by atoms with Gasteiger partial charge < -0.3 is 36.6 Å². The Hall–Kier alpha value is -2.13. The van der Waals surface area contributed by atoms with E-state index in [2.05, 4.69) is 42.9 Å². The van der Waals surface area contributed by atoms with Crippen molar-refractivity contribution in [3.05, 3.63) is 33.4 Å². The molecule has 7 N–H and O–H groups in total. The fourth-order valence-corrected chi connectivity index (χ4v) is 4.51. The van der Waals surface area contributed by atoms with Gasteiger partial charge >= 0.3 is 6.03 Å². The maximum Gasteiger partial charge on any atom is 0.312 e. The highest BCUT2D eigenvalue weighted by molar-refractivity contribution is 14.1. The number of urea groups is 1. The number of carbonyl (C=O) groups is 1. The number of rotatable bonds is 5. The van der Waals surface area contributed by atoms with Crippen LogP contribution in [0, 0.1) is 3.57 Å². The first-order chi connectivity index (χ1) is 14.3. The topological polar surface area (TPSA) is 171 Å². The second kappa shape index (κ2) is 8.19. The van der Waals surface area contributed by atoms with Gasteiger partial charge in [-0.2, -0.15) is 0 Å². The number of hydrogen-bond acceptors (Lipinski definition) is 9. The van der Waals surface area contributed by atoms with Crippen LogP contribution in [0.2, 0.25) is 0 Å². The van der Waals surface area contributed by atoms with E-state index in [0.717, 1.165) is 9.13 Å². The van der Waals surface area contributed by atoms with Gasteiger partial charge in [-0.3, -0.25) is 4.99 Å². The highest BCUT2D eigenvalue weighted by Crippen LogP contribution is 2.30. The Bertz CT molecular complexity index is 939. The lowest BCUT2D eigenvalue weighted by Crippen LogP contribution is -2.59. The molecule has 0 aromatic heterocycles. The Morgan fingerprint density at radius 1 is 1.47 bits per heavy atom. The number of fused-ring (bicyclic) bond motifs is 1. The smallest absolute Gasteiger partial charge is 0.312 e. The summed E-state index contributed by atoms with van der Waals surface area (Å²) < 4.78 is 6.87. The van der Waals surface area contributed by atoms with Crippen LogP contribution in [0.1, 0.15) is 5.56 Å². The fourth-order valence-electron chi connectivity index (χ4n) is 3.91. The largest absolute Gasteiger partial charge is 0.394 e. The molecular weight excluding hydrogens is 505 g/mol. The number of hydrogen-bond donors (Lipinski definition) is 5. The lowest BCUT2D eigenvalue weighted by molar-refractivity contribution is -0.0574. The van der Waals surface area contributed by atoms with Crippen molar-refractivity contribution < 1.29 is 19.7 Å². The molecule has 1 unspecified atom stereocenters. The number of aliphatic hydroxyl groups excluding tert-OH is 2. The first-order valence-corrected chi connectivity index (χ1v) is 10.4. The number of nitrogens with zero attached hydrogens (tertiary/aromatic N) is 4. The van der Waals surface area contributed by atoms with E-state index in [0.29, 0.717) is 18.0 Å². The van der Waals surface area contributed by atoms with Crippen LogP contribution in [0.5, 0.6) is 0 Å². The average molecular weight is 527 g/mol. The summed E-state index contributed by atoms with van der Waals surface area (Å²) in [6, 6.07) is 6.25. The first kappa shape index (κ1) is 21.1. The Kier molecular flexibility index (Phi) is 5.76. The number of nitrogens with two attached hydrogens (primary N) is 2. The van der Waals surface area contributed by atoms with E-state index < -0.39 is 42.8 Å². The zero-order chi connectivity index (χ0) is 21.5. The van der Waals surface area contributed by atoms with Gasteiger partial charge in [0.15, 0.2) is 17.7 Å². The second-order valence-corrected chi connectivity index (χ2v) is 8.56. The quantitative estimate of drug-likeness (QED) is 0.300. The number of aliphatic imine (C=N–C) groups is 3. The van der Waals surface area contributed by atoms with Crippen LogP contribution in [-0.4, -0.2) is 82.4 Å². The molecule has 0 bridgehead atoms. The minimum Gasteiger partial charge on any atom is -0.394 e. The monoisotopic (exact) mass is 527 g/mol. The second-order valence-electron chi connectivity index (χ2n) is 7.32. The standard InChI is InChI=1S/C18H22IN7O4/c19-10-3-1-2-9(4-10)5-18(21)14-15(22-7-24-18)26(8-23-14)16-12(25-17(20)29)13(28)11(6-27)30-16/h1-4,7,11-13,16,27-28H,5-6,8,21H2,(H3,20,25,29)/t11-,12-,13-,16-,18?/m1/s1. The van der Waals surface area contributed by atoms with Gasteiger partial charge in [0.1, 0.15) is 37.0 Å². The van der Waals surface area contributed by atoms with Crippen molar-refractivity contribution in [2.75, 3.05) is 13.3 Å².